The molecule has 0 aliphatic heterocycles. The van der Waals surface area contributed by atoms with Crippen LogP contribution in [0.1, 0.15) is 30.4 Å². The van der Waals surface area contributed by atoms with E-state index in [1.165, 1.54) is 12.1 Å². The first-order valence-corrected chi connectivity index (χ1v) is 12.5. The fourth-order valence-electron chi connectivity index (χ4n) is 5.13. The van der Waals surface area contributed by atoms with Crippen LogP contribution < -0.4 is 5.32 Å². The summed E-state index contributed by atoms with van der Waals surface area (Å²) in [6, 6.07) is 18.2. The lowest BCUT2D eigenvalue weighted by Crippen LogP contribution is -2.35. The number of nitrogens with zero attached hydrogens (tertiary/aromatic N) is 5. The summed E-state index contributed by atoms with van der Waals surface area (Å²) in [5, 5.41) is 31.4. The molecule has 1 fully saturated rings. The highest BCUT2D eigenvalue weighted by molar-refractivity contribution is 5.85. The molecular formula is C29H25FN6O2. The van der Waals surface area contributed by atoms with Gasteiger partial charge in [0, 0.05) is 30.8 Å². The fourth-order valence-corrected chi connectivity index (χ4v) is 5.13. The van der Waals surface area contributed by atoms with Crippen molar-refractivity contribution in [1.29, 1.82) is 5.26 Å². The zero-order valence-electron chi connectivity index (χ0n) is 20.7. The average molecular weight is 509 g/mol. The van der Waals surface area contributed by atoms with Crippen molar-refractivity contribution in [2.75, 3.05) is 0 Å². The molecule has 1 saturated carbocycles. The molecule has 0 spiro atoms. The number of benzene rings is 3. The standard InChI is InChI=1S/C29H25FN6O2/c1-36-16-33-35-28(36)23-13-21(30)8-9-22(23)18-4-2-5-19(12-18)29-34-25-11-17(10-20(14-31)27(25)38-29)15-32-24-6-3-7-26(24)37/h2,4-5,8-13,16,24,26,32,37H,3,6-7,15H2,1H3/t24-,26+/m1/s1. The number of halogens is 1. The zero-order chi connectivity index (χ0) is 26.2. The number of aromatic nitrogens is 4. The highest BCUT2D eigenvalue weighted by atomic mass is 19.1. The minimum absolute atomic E-state index is 0.0599. The molecule has 2 atom stereocenters. The fraction of sp³-hybridized carbons (Fsp3) is 0.241. The van der Waals surface area contributed by atoms with E-state index in [1.54, 1.807) is 23.0 Å². The zero-order valence-corrected chi connectivity index (χ0v) is 20.7. The van der Waals surface area contributed by atoms with Gasteiger partial charge >= 0.3 is 0 Å². The maximum Gasteiger partial charge on any atom is 0.227 e. The Balaban J connectivity index is 1.36. The van der Waals surface area contributed by atoms with Gasteiger partial charge in [-0.1, -0.05) is 18.2 Å². The third kappa shape index (κ3) is 4.45. The largest absolute Gasteiger partial charge is 0.435 e. The van der Waals surface area contributed by atoms with E-state index in [1.807, 2.05) is 37.4 Å². The SMILES string of the molecule is Cn1cnnc1-c1cc(F)ccc1-c1cccc(-c2nc3cc(CN[C@@H]4CCC[C@@H]4O)cc(C#N)c3o2)c1. The smallest absolute Gasteiger partial charge is 0.227 e. The van der Waals surface area contributed by atoms with Gasteiger partial charge in [-0.2, -0.15) is 5.26 Å². The van der Waals surface area contributed by atoms with Gasteiger partial charge in [-0.05, 0) is 72.4 Å². The van der Waals surface area contributed by atoms with Crippen molar-refractivity contribution < 1.29 is 13.9 Å². The third-order valence-electron chi connectivity index (χ3n) is 7.07. The number of nitriles is 1. The molecule has 1 aliphatic rings. The number of hydrogen-bond acceptors (Lipinski definition) is 7. The van der Waals surface area contributed by atoms with Gasteiger partial charge in [0.1, 0.15) is 23.7 Å². The third-order valence-corrected chi connectivity index (χ3v) is 7.07. The van der Waals surface area contributed by atoms with E-state index in [2.05, 4.69) is 21.6 Å². The van der Waals surface area contributed by atoms with Crippen LogP contribution in [0.5, 0.6) is 0 Å². The van der Waals surface area contributed by atoms with E-state index < -0.39 is 0 Å². The number of aliphatic hydroxyl groups excluding tert-OH is 1. The minimum Gasteiger partial charge on any atom is -0.435 e. The summed E-state index contributed by atoms with van der Waals surface area (Å²) in [5.74, 6) is 0.576. The van der Waals surface area contributed by atoms with E-state index in [4.69, 9.17) is 9.40 Å². The Kier molecular flexibility index (Phi) is 6.19. The summed E-state index contributed by atoms with van der Waals surface area (Å²) in [6.45, 7) is 0.527. The second-order valence-corrected chi connectivity index (χ2v) is 9.64. The van der Waals surface area contributed by atoms with Crippen LogP contribution in [0.3, 0.4) is 0 Å². The van der Waals surface area contributed by atoms with Crippen molar-refractivity contribution in [2.45, 2.75) is 38.0 Å². The summed E-state index contributed by atoms with van der Waals surface area (Å²) in [7, 11) is 1.81. The normalized spacial score (nSPS) is 17.2. The molecule has 2 heterocycles. The molecule has 3 aromatic carbocycles. The van der Waals surface area contributed by atoms with E-state index >= 15 is 0 Å². The van der Waals surface area contributed by atoms with Crippen LogP contribution in [0.25, 0.3) is 45.1 Å². The lowest BCUT2D eigenvalue weighted by Gasteiger charge is -2.16. The summed E-state index contributed by atoms with van der Waals surface area (Å²) >= 11 is 0. The molecule has 0 amide bonds. The first-order chi connectivity index (χ1) is 18.5. The molecule has 2 aromatic heterocycles. The summed E-state index contributed by atoms with van der Waals surface area (Å²) in [6.07, 6.45) is 3.99. The number of oxazole rings is 1. The van der Waals surface area contributed by atoms with Crippen molar-refractivity contribution in [3.8, 4) is 40.0 Å². The molecule has 2 N–H and O–H groups in total. The van der Waals surface area contributed by atoms with Crippen molar-refractivity contribution in [3.05, 3.63) is 77.9 Å². The van der Waals surface area contributed by atoms with Gasteiger partial charge in [0.05, 0.1) is 11.7 Å². The Morgan fingerprint density at radius 1 is 1.13 bits per heavy atom. The van der Waals surface area contributed by atoms with Gasteiger partial charge in [-0.3, -0.25) is 0 Å². The van der Waals surface area contributed by atoms with Gasteiger partial charge in [-0.25, -0.2) is 9.37 Å². The minimum atomic E-state index is -0.362. The Labute approximate surface area is 218 Å². The number of nitrogens with one attached hydrogen (secondary N) is 1. The van der Waals surface area contributed by atoms with E-state index in [-0.39, 0.29) is 18.0 Å². The van der Waals surface area contributed by atoms with Gasteiger partial charge < -0.3 is 19.4 Å². The number of aryl methyl sites for hydroxylation is 1. The van der Waals surface area contributed by atoms with Crippen LogP contribution in [-0.2, 0) is 13.6 Å². The second-order valence-electron chi connectivity index (χ2n) is 9.64. The molecule has 8 nitrogen and oxygen atoms in total. The van der Waals surface area contributed by atoms with Crippen molar-refractivity contribution in [3.63, 3.8) is 0 Å². The second kappa shape index (κ2) is 9.82. The van der Waals surface area contributed by atoms with Gasteiger partial charge in [0.25, 0.3) is 0 Å². The van der Waals surface area contributed by atoms with Crippen LogP contribution in [0.2, 0.25) is 0 Å². The molecule has 0 unspecified atom stereocenters. The van der Waals surface area contributed by atoms with Crippen molar-refractivity contribution in [1.82, 2.24) is 25.1 Å². The lowest BCUT2D eigenvalue weighted by molar-refractivity contribution is 0.148. The summed E-state index contributed by atoms with van der Waals surface area (Å²) in [5.41, 5.74) is 5.31. The Hall–Kier alpha value is -4.39. The number of aliphatic hydroxyl groups is 1. The first-order valence-electron chi connectivity index (χ1n) is 12.5. The molecule has 190 valence electrons. The van der Waals surface area contributed by atoms with Crippen molar-refractivity contribution in [2.24, 2.45) is 7.05 Å². The molecule has 0 bridgehead atoms. The number of hydrogen-bond donors (Lipinski definition) is 2. The van der Waals surface area contributed by atoms with Crippen molar-refractivity contribution >= 4 is 11.1 Å². The maximum atomic E-state index is 14.2. The first kappa shape index (κ1) is 24.0. The van der Waals surface area contributed by atoms with Gasteiger partial charge in [0.2, 0.25) is 5.89 Å². The highest BCUT2D eigenvalue weighted by Crippen LogP contribution is 2.35. The van der Waals surface area contributed by atoms with Crippen LogP contribution in [0.15, 0.2) is 65.3 Å². The number of fused-ring (bicyclic) bond motifs is 1. The predicted octanol–water partition coefficient (Wildman–Crippen LogP) is 4.97. The molecule has 5 aromatic rings. The summed E-state index contributed by atoms with van der Waals surface area (Å²) in [4.78, 5) is 4.70. The van der Waals surface area contributed by atoms with Crippen LogP contribution in [-0.4, -0.2) is 37.0 Å². The molecule has 9 heteroatoms. The topological polar surface area (TPSA) is 113 Å². The maximum absolute atomic E-state index is 14.2. The van der Waals surface area contributed by atoms with Gasteiger partial charge in [-0.15, -0.1) is 10.2 Å². The van der Waals surface area contributed by atoms with E-state index in [9.17, 15) is 14.8 Å². The molecular weight excluding hydrogens is 483 g/mol. The summed E-state index contributed by atoms with van der Waals surface area (Å²) < 4.78 is 22.0. The molecule has 1 aliphatic carbocycles. The predicted molar refractivity (Wildman–Crippen MR) is 140 cm³/mol. The Bertz CT molecular complexity index is 1680. The highest BCUT2D eigenvalue weighted by Gasteiger charge is 2.24. The monoisotopic (exact) mass is 508 g/mol. The van der Waals surface area contributed by atoms with Crippen LogP contribution in [0.4, 0.5) is 4.39 Å². The lowest BCUT2D eigenvalue weighted by atomic mass is 9.97. The molecule has 0 saturated heterocycles. The van der Waals surface area contributed by atoms with Crippen LogP contribution in [0, 0.1) is 17.1 Å². The molecule has 38 heavy (non-hydrogen) atoms. The number of rotatable bonds is 6. The van der Waals surface area contributed by atoms with Crippen LogP contribution >= 0.6 is 0 Å². The Morgan fingerprint density at radius 2 is 2.00 bits per heavy atom. The van der Waals surface area contributed by atoms with E-state index in [0.717, 1.165) is 41.5 Å². The quantitative estimate of drug-likeness (QED) is 0.333. The molecule has 6 rings (SSSR count). The van der Waals surface area contributed by atoms with Gasteiger partial charge in [0.15, 0.2) is 11.4 Å². The molecule has 0 radical (unpaired) electrons. The van der Waals surface area contributed by atoms with E-state index in [0.29, 0.717) is 40.5 Å². The average Bonchev–Trinajstić information content (AvgIpc) is 3.66. The Morgan fingerprint density at radius 3 is 2.76 bits per heavy atom.